The molecule has 26 heavy (non-hydrogen) atoms. The summed E-state index contributed by atoms with van der Waals surface area (Å²) in [6.45, 7) is 2.36. The van der Waals surface area contributed by atoms with E-state index in [0.29, 0.717) is 30.1 Å². The molecule has 1 unspecified atom stereocenters. The monoisotopic (exact) mass is 445 g/mol. The van der Waals surface area contributed by atoms with E-state index in [1.54, 1.807) is 40.2 Å². The van der Waals surface area contributed by atoms with Crippen molar-refractivity contribution in [1.29, 1.82) is 0 Å². The number of hydrogen-bond donors (Lipinski definition) is 0. The van der Waals surface area contributed by atoms with Crippen LogP contribution in [0, 0.1) is 69.0 Å². The quantitative estimate of drug-likeness (QED) is 0.381. The standard InChI is InChI=1S/C15H20NO4.C5H5.Ru/c1-10(18-3)13-14(17)16(2)9-15(13)7-6-11(19-4)12(8-15)20-5;1-2-4-5-3-1;/h6-8H,9H2,1-5H3;1-5H;/q;;+2/b13-10-;;. The molecule has 3 fully saturated rings. The Labute approximate surface area is 171 Å². The van der Waals surface area contributed by atoms with Gasteiger partial charge in [0.15, 0.2) is 0 Å². The summed E-state index contributed by atoms with van der Waals surface area (Å²) in [6.07, 6.45) is 17.0. The summed E-state index contributed by atoms with van der Waals surface area (Å²) in [5, 5.41) is 0. The van der Waals surface area contributed by atoms with Crippen LogP contribution in [0.3, 0.4) is 0 Å². The Morgan fingerprint density at radius 3 is 2.04 bits per heavy atom. The van der Waals surface area contributed by atoms with Crippen LogP contribution in [0.15, 0.2) is 11.3 Å². The summed E-state index contributed by atoms with van der Waals surface area (Å²) in [7, 11) is 6.53. The molecule has 2 saturated carbocycles. The van der Waals surface area contributed by atoms with Gasteiger partial charge in [0.25, 0.3) is 5.91 Å². The van der Waals surface area contributed by atoms with Crippen LogP contribution >= 0.6 is 0 Å². The molecule has 0 aromatic heterocycles. The number of rotatable bonds is 3. The van der Waals surface area contributed by atoms with Crippen molar-refractivity contribution < 1.29 is 38.5 Å². The SMILES string of the molecule is CO[C]1[CH][CH]C2([CH][C]1OC)CN(C)C(=O)/C2=C(\C)OC.[CH]1[CH][CH][CH][CH]1.[Ru+2]. The third-order valence-corrected chi connectivity index (χ3v) is 4.34. The molecule has 1 heterocycles. The van der Waals surface area contributed by atoms with Crippen LogP contribution < -0.4 is 0 Å². The van der Waals surface area contributed by atoms with E-state index in [1.165, 1.54) is 0 Å². The van der Waals surface area contributed by atoms with E-state index in [1.807, 2.05) is 51.4 Å². The van der Waals surface area contributed by atoms with Gasteiger partial charge in [-0.25, -0.2) is 0 Å². The fourth-order valence-corrected chi connectivity index (χ4v) is 3.08. The molecule has 6 heteroatoms. The van der Waals surface area contributed by atoms with Gasteiger partial charge in [0.05, 0.1) is 12.7 Å². The summed E-state index contributed by atoms with van der Waals surface area (Å²) in [6, 6.07) is 0. The zero-order valence-electron chi connectivity index (χ0n) is 15.8. The number of allylic oxidation sites excluding steroid dienone is 1. The van der Waals surface area contributed by atoms with Crippen molar-refractivity contribution in [2.45, 2.75) is 6.92 Å². The van der Waals surface area contributed by atoms with Gasteiger partial charge >= 0.3 is 19.5 Å². The number of amides is 1. The van der Waals surface area contributed by atoms with Crippen LogP contribution in [0.2, 0.25) is 0 Å². The second kappa shape index (κ2) is 10.8. The first-order chi connectivity index (χ1) is 12.0. The first-order valence-corrected chi connectivity index (χ1v) is 8.04. The Hall–Kier alpha value is -0.447. The van der Waals surface area contributed by atoms with Gasteiger partial charge in [-0.3, -0.25) is 4.79 Å². The number of nitrogens with zero attached hydrogens (tertiary/aromatic N) is 1. The largest absolute Gasteiger partial charge is 2.00 e. The number of likely N-dealkylation sites (N-methyl/N-ethyl adjacent to an activating group) is 1. The summed E-state index contributed by atoms with van der Waals surface area (Å²) < 4.78 is 15.9. The fourth-order valence-electron chi connectivity index (χ4n) is 3.08. The predicted molar refractivity (Wildman–Crippen MR) is 94.7 cm³/mol. The van der Waals surface area contributed by atoms with Crippen molar-refractivity contribution in [3.63, 3.8) is 0 Å². The van der Waals surface area contributed by atoms with E-state index in [9.17, 15) is 4.79 Å². The second-order valence-corrected chi connectivity index (χ2v) is 5.91. The molecule has 2 aliphatic carbocycles. The topological polar surface area (TPSA) is 48.0 Å². The van der Waals surface area contributed by atoms with Crippen LogP contribution in [0.1, 0.15) is 6.92 Å². The minimum Gasteiger partial charge on any atom is -0.501 e. The molecule has 1 spiro atoms. The fraction of sp³-hybridized carbons (Fsp3) is 0.350. The maximum Gasteiger partial charge on any atom is 2.00 e. The molecule has 1 saturated heterocycles. The number of likely N-dealkylation sites (tertiary alicyclic amines) is 1. The molecule has 0 N–H and O–H groups in total. The van der Waals surface area contributed by atoms with Gasteiger partial charge in [0, 0.05) is 46.1 Å². The maximum absolute atomic E-state index is 12.4. The normalized spacial score (nSPS) is 28.7. The van der Waals surface area contributed by atoms with Gasteiger partial charge in [0.1, 0.15) is 18.0 Å². The summed E-state index contributed by atoms with van der Waals surface area (Å²) in [4.78, 5) is 14.1. The number of carbonyl (C=O) groups is 1. The second-order valence-electron chi connectivity index (χ2n) is 5.91. The van der Waals surface area contributed by atoms with Gasteiger partial charge in [-0.05, 0) is 45.4 Å². The summed E-state index contributed by atoms with van der Waals surface area (Å²) in [5.41, 5.74) is 0.114. The van der Waals surface area contributed by atoms with Crippen molar-refractivity contribution in [2.24, 2.45) is 5.41 Å². The average Bonchev–Trinajstić information content (AvgIpc) is 3.27. The van der Waals surface area contributed by atoms with Crippen molar-refractivity contribution in [1.82, 2.24) is 4.90 Å². The zero-order chi connectivity index (χ0) is 18.4. The Balaban J connectivity index is 0.000000486. The third kappa shape index (κ3) is 5.08. The minimum atomic E-state index is -0.528. The van der Waals surface area contributed by atoms with Crippen molar-refractivity contribution >= 4 is 5.91 Å². The predicted octanol–water partition coefficient (Wildman–Crippen LogP) is 2.37. The molecule has 5 nitrogen and oxygen atoms in total. The molecule has 0 aromatic rings. The average molecular weight is 444 g/mol. The molecule has 0 aromatic carbocycles. The van der Waals surface area contributed by atoms with Gasteiger partial charge < -0.3 is 19.1 Å². The molecule has 1 amide bonds. The Morgan fingerprint density at radius 2 is 1.58 bits per heavy atom. The van der Waals surface area contributed by atoms with Gasteiger partial charge in [-0.15, -0.1) is 0 Å². The van der Waals surface area contributed by atoms with E-state index in [-0.39, 0.29) is 25.4 Å². The molecule has 10 radical (unpaired) electrons. The first kappa shape index (κ1) is 23.6. The molecular weight excluding hydrogens is 419 g/mol. The van der Waals surface area contributed by atoms with Crippen molar-refractivity contribution in [3.8, 4) is 0 Å². The van der Waals surface area contributed by atoms with Crippen molar-refractivity contribution in [3.05, 3.63) is 74.9 Å². The Bertz CT molecular complexity index is 485. The smallest absolute Gasteiger partial charge is 0.501 e. The van der Waals surface area contributed by atoms with Crippen LogP contribution in [0.4, 0.5) is 0 Å². The Kier molecular flexibility index (Phi) is 9.78. The van der Waals surface area contributed by atoms with E-state index < -0.39 is 5.41 Å². The summed E-state index contributed by atoms with van der Waals surface area (Å²) >= 11 is 0. The van der Waals surface area contributed by atoms with Gasteiger partial charge in [-0.2, -0.15) is 0 Å². The number of ether oxygens (including phenoxy) is 3. The third-order valence-electron chi connectivity index (χ3n) is 4.34. The van der Waals surface area contributed by atoms with E-state index in [0.717, 1.165) is 0 Å². The minimum absolute atomic E-state index is 0. The van der Waals surface area contributed by atoms with Crippen molar-refractivity contribution in [2.75, 3.05) is 34.9 Å². The number of methoxy groups -OCH3 is 3. The molecule has 3 rings (SSSR count). The van der Waals surface area contributed by atoms with Crippen LogP contribution in [0.25, 0.3) is 0 Å². The first-order valence-electron chi connectivity index (χ1n) is 8.04. The molecule has 0 bridgehead atoms. The van der Waals surface area contributed by atoms with E-state index in [2.05, 4.69) is 0 Å². The van der Waals surface area contributed by atoms with Gasteiger partial charge in [-0.1, -0.05) is 0 Å². The molecule has 3 aliphatic rings. The van der Waals surface area contributed by atoms with Crippen LogP contribution in [0.5, 0.6) is 0 Å². The molecule has 140 valence electrons. The number of carbonyl (C=O) groups excluding carboxylic acids is 1. The van der Waals surface area contributed by atoms with Crippen LogP contribution in [-0.2, 0) is 38.5 Å². The van der Waals surface area contributed by atoms with E-state index >= 15 is 0 Å². The Morgan fingerprint density at radius 1 is 1.04 bits per heavy atom. The molecular formula is C20H25NO4Ru+2. The van der Waals surface area contributed by atoms with Gasteiger partial charge in [0.2, 0.25) is 0 Å². The molecule has 1 aliphatic heterocycles. The zero-order valence-corrected chi connectivity index (χ0v) is 17.5. The molecule has 1 atom stereocenters. The maximum atomic E-state index is 12.4. The van der Waals surface area contributed by atoms with Crippen LogP contribution in [-0.4, -0.2) is 45.7 Å². The number of hydrogen-bond acceptors (Lipinski definition) is 4. The summed E-state index contributed by atoms with van der Waals surface area (Å²) in [5.74, 6) is 0.595. The van der Waals surface area contributed by atoms with E-state index in [4.69, 9.17) is 14.2 Å².